The van der Waals surface area contributed by atoms with Crippen molar-refractivity contribution in [1.82, 2.24) is 10.6 Å². The molecule has 0 heterocycles. The first-order valence-electron chi connectivity index (χ1n) is 7.40. The van der Waals surface area contributed by atoms with E-state index < -0.39 is 30.4 Å². The van der Waals surface area contributed by atoms with Crippen LogP contribution in [-0.2, 0) is 14.3 Å². The SMILES string of the molecule is CNC(=O)COC(=O)C(NC(=O)c1ccccc1)c1ccccc1. The lowest BCUT2D eigenvalue weighted by molar-refractivity contribution is -0.150. The van der Waals surface area contributed by atoms with Crippen LogP contribution in [0, 0.1) is 0 Å². The highest BCUT2D eigenvalue weighted by Gasteiger charge is 2.25. The van der Waals surface area contributed by atoms with Crippen LogP contribution in [0.15, 0.2) is 60.7 Å². The summed E-state index contributed by atoms with van der Waals surface area (Å²) in [6.07, 6.45) is 0. The second-order valence-corrected chi connectivity index (χ2v) is 4.96. The highest BCUT2D eigenvalue weighted by atomic mass is 16.5. The van der Waals surface area contributed by atoms with Gasteiger partial charge >= 0.3 is 5.97 Å². The van der Waals surface area contributed by atoms with Crippen molar-refractivity contribution in [3.8, 4) is 0 Å². The van der Waals surface area contributed by atoms with Crippen molar-refractivity contribution in [2.75, 3.05) is 13.7 Å². The lowest BCUT2D eigenvalue weighted by Gasteiger charge is -2.18. The molecule has 6 heteroatoms. The summed E-state index contributed by atoms with van der Waals surface area (Å²) in [5.74, 6) is -1.53. The molecule has 0 bridgehead atoms. The van der Waals surface area contributed by atoms with Gasteiger partial charge in [0.1, 0.15) is 0 Å². The molecule has 0 spiro atoms. The fraction of sp³-hybridized carbons (Fsp3) is 0.167. The van der Waals surface area contributed by atoms with Crippen molar-refractivity contribution in [3.63, 3.8) is 0 Å². The third-order valence-electron chi connectivity index (χ3n) is 3.30. The van der Waals surface area contributed by atoms with Crippen LogP contribution in [-0.4, -0.2) is 31.4 Å². The number of carbonyl (C=O) groups excluding carboxylic acids is 3. The maximum atomic E-state index is 12.3. The zero-order valence-corrected chi connectivity index (χ0v) is 13.2. The summed E-state index contributed by atoms with van der Waals surface area (Å²) < 4.78 is 4.98. The van der Waals surface area contributed by atoms with Crippen molar-refractivity contribution in [3.05, 3.63) is 71.8 Å². The number of ether oxygens (including phenoxy) is 1. The Kier molecular flexibility index (Phi) is 6.08. The Balaban J connectivity index is 2.16. The summed E-state index contributed by atoms with van der Waals surface area (Å²) in [4.78, 5) is 35.9. The minimum absolute atomic E-state index is 0.402. The molecule has 0 saturated heterocycles. The molecule has 6 nitrogen and oxygen atoms in total. The number of carbonyl (C=O) groups is 3. The van der Waals surface area contributed by atoms with E-state index in [1.165, 1.54) is 7.05 Å². The lowest BCUT2D eigenvalue weighted by atomic mass is 10.1. The van der Waals surface area contributed by atoms with Gasteiger partial charge in [-0.15, -0.1) is 0 Å². The second kappa shape index (κ2) is 8.47. The number of amides is 2. The maximum Gasteiger partial charge on any atom is 0.333 e. The number of likely N-dealkylation sites (N-methyl/N-ethyl adjacent to an activating group) is 1. The number of esters is 1. The van der Waals surface area contributed by atoms with E-state index in [-0.39, 0.29) is 0 Å². The Morgan fingerprint density at radius 3 is 2.12 bits per heavy atom. The molecule has 1 unspecified atom stereocenters. The molecule has 1 atom stereocenters. The summed E-state index contributed by atoms with van der Waals surface area (Å²) in [6, 6.07) is 16.3. The van der Waals surface area contributed by atoms with Crippen molar-refractivity contribution >= 4 is 17.8 Å². The molecule has 2 aromatic carbocycles. The fourth-order valence-electron chi connectivity index (χ4n) is 2.02. The maximum absolute atomic E-state index is 12.3. The zero-order chi connectivity index (χ0) is 17.4. The van der Waals surface area contributed by atoms with E-state index in [0.29, 0.717) is 11.1 Å². The van der Waals surface area contributed by atoms with E-state index in [2.05, 4.69) is 10.6 Å². The van der Waals surface area contributed by atoms with Gasteiger partial charge in [0.15, 0.2) is 12.6 Å². The van der Waals surface area contributed by atoms with E-state index >= 15 is 0 Å². The first-order valence-corrected chi connectivity index (χ1v) is 7.40. The molecule has 0 aliphatic carbocycles. The highest BCUT2D eigenvalue weighted by Crippen LogP contribution is 2.15. The molecule has 0 saturated carbocycles. The summed E-state index contributed by atoms with van der Waals surface area (Å²) in [6.45, 7) is -0.403. The molecule has 2 aromatic rings. The molecule has 2 N–H and O–H groups in total. The van der Waals surface area contributed by atoms with E-state index in [9.17, 15) is 14.4 Å². The molecule has 0 fully saturated rings. The normalized spacial score (nSPS) is 11.2. The van der Waals surface area contributed by atoms with Crippen LogP contribution in [0.5, 0.6) is 0 Å². The molecule has 0 radical (unpaired) electrons. The molecular formula is C18H18N2O4. The summed E-state index contributed by atoms with van der Waals surface area (Å²) >= 11 is 0. The Hall–Kier alpha value is -3.15. The van der Waals surface area contributed by atoms with Crippen LogP contribution in [0.3, 0.4) is 0 Å². The minimum atomic E-state index is -0.997. The molecule has 0 aliphatic rings. The van der Waals surface area contributed by atoms with Gasteiger partial charge in [-0.25, -0.2) is 4.79 Å². The average Bonchev–Trinajstić information content (AvgIpc) is 2.65. The van der Waals surface area contributed by atoms with Crippen LogP contribution in [0.1, 0.15) is 22.0 Å². The van der Waals surface area contributed by atoms with Gasteiger partial charge in [-0.1, -0.05) is 48.5 Å². The third kappa shape index (κ3) is 4.67. The topological polar surface area (TPSA) is 84.5 Å². The first-order chi connectivity index (χ1) is 11.6. The summed E-state index contributed by atoms with van der Waals surface area (Å²) in [5, 5.41) is 5.01. The van der Waals surface area contributed by atoms with Crippen molar-refractivity contribution in [2.24, 2.45) is 0 Å². The van der Waals surface area contributed by atoms with Gasteiger partial charge in [-0.3, -0.25) is 9.59 Å². The molecule has 2 amide bonds. The van der Waals surface area contributed by atoms with Gasteiger partial charge in [-0.2, -0.15) is 0 Å². The molecule has 0 aliphatic heterocycles. The quantitative estimate of drug-likeness (QED) is 0.787. The van der Waals surface area contributed by atoms with Crippen LogP contribution in [0.25, 0.3) is 0 Å². The smallest absolute Gasteiger partial charge is 0.333 e. The standard InChI is InChI=1S/C18H18N2O4/c1-19-15(21)12-24-18(23)16(13-8-4-2-5-9-13)20-17(22)14-10-6-3-7-11-14/h2-11,16H,12H2,1H3,(H,19,21)(H,20,22). The molecule has 2 rings (SSSR count). The molecular weight excluding hydrogens is 308 g/mol. The van der Waals surface area contributed by atoms with Gasteiger partial charge < -0.3 is 15.4 Å². The van der Waals surface area contributed by atoms with Gasteiger partial charge in [0, 0.05) is 12.6 Å². The predicted molar refractivity (Wildman–Crippen MR) is 88.1 cm³/mol. The number of nitrogens with one attached hydrogen (secondary N) is 2. The van der Waals surface area contributed by atoms with Crippen LogP contribution in [0.4, 0.5) is 0 Å². The van der Waals surface area contributed by atoms with E-state index in [0.717, 1.165) is 0 Å². The number of benzene rings is 2. The van der Waals surface area contributed by atoms with Crippen molar-refractivity contribution < 1.29 is 19.1 Å². The summed E-state index contributed by atoms with van der Waals surface area (Å²) in [5.41, 5.74) is 1.00. The van der Waals surface area contributed by atoms with Gasteiger partial charge in [0.25, 0.3) is 11.8 Å². The van der Waals surface area contributed by atoms with Gasteiger partial charge in [0.05, 0.1) is 0 Å². The van der Waals surface area contributed by atoms with Crippen molar-refractivity contribution in [2.45, 2.75) is 6.04 Å². The second-order valence-electron chi connectivity index (χ2n) is 4.96. The van der Waals surface area contributed by atoms with Crippen LogP contribution >= 0.6 is 0 Å². The molecule has 124 valence electrons. The number of hydrogen-bond acceptors (Lipinski definition) is 4. The van der Waals surface area contributed by atoms with Crippen molar-refractivity contribution in [1.29, 1.82) is 0 Å². The average molecular weight is 326 g/mol. The Bertz CT molecular complexity index is 701. The van der Waals surface area contributed by atoms with E-state index in [1.54, 1.807) is 60.7 Å². The highest BCUT2D eigenvalue weighted by molar-refractivity contribution is 5.97. The van der Waals surface area contributed by atoms with Gasteiger partial charge in [-0.05, 0) is 17.7 Å². The predicted octanol–water partition coefficient (Wildman–Crippen LogP) is 1.45. The first kappa shape index (κ1) is 17.2. The Labute approximate surface area is 139 Å². The van der Waals surface area contributed by atoms with Crippen LogP contribution in [0.2, 0.25) is 0 Å². The lowest BCUT2D eigenvalue weighted by Crippen LogP contribution is -2.36. The zero-order valence-electron chi connectivity index (χ0n) is 13.2. The number of hydrogen-bond donors (Lipinski definition) is 2. The summed E-state index contributed by atoms with van der Waals surface area (Å²) in [7, 11) is 1.45. The minimum Gasteiger partial charge on any atom is -0.454 e. The third-order valence-corrected chi connectivity index (χ3v) is 3.30. The molecule has 0 aromatic heterocycles. The van der Waals surface area contributed by atoms with Gasteiger partial charge in [0.2, 0.25) is 0 Å². The Morgan fingerprint density at radius 2 is 1.54 bits per heavy atom. The molecule has 24 heavy (non-hydrogen) atoms. The Morgan fingerprint density at radius 1 is 0.958 bits per heavy atom. The van der Waals surface area contributed by atoms with E-state index in [1.807, 2.05) is 0 Å². The number of rotatable bonds is 6. The largest absolute Gasteiger partial charge is 0.454 e. The fourth-order valence-corrected chi connectivity index (χ4v) is 2.02. The van der Waals surface area contributed by atoms with E-state index in [4.69, 9.17) is 4.74 Å². The van der Waals surface area contributed by atoms with Crippen LogP contribution < -0.4 is 10.6 Å². The monoisotopic (exact) mass is 326 g/mol.